The predicted octanol–water partition coefficient (Wildman–Crippen LogP) is 0.438. The lowest BCUT2D eigenvalue weighted by atomic mass is 10.5. The average molecular weight is 162 g/mol. The van der Waals surface area contributed by atoms with E-state index < -0.39 is 0 Å². The average Bonchev–Trinajstić information content (AvgIpc) is 2.46. The fraction of sp³-hybridized carbons (Fsp3) is 0.143. The Labute approximate surface area is 69.3 Å². The van der Waals surface area contributed by atoms with Crippen LogP contribution in [-0.4, -0.2) is 19.5 Å². The number of hydrogen-bond donors (Lipinski definition) is 1. The third-order valence-electron chi connectivity index (χ3n) is 1.61. The highest BCUT2D eigenvalue weighted by atomic mass is 15.1. The Morgan fingerprint density at radius 2 is 2.33 bits per heavy atom. The Morgan fingerprint density at radius 3 is 3.08 bits per heavy atom. The van der Waals surface area contributed by atoms with Crippen LogP contribution in [0.3, 0.4) is 0 Å². The van der Waals surface area contributed by atoms with Gasteiger partial charge in [-0.1, -0.05) is 0 Å². The van der Waals surface area contributed by atoms with Crippen LogP contribution in [0.4, 0.5) is 5.95 Å². The van der Waals surface area contributed by atoms with Gasteiger partial charge in [0, 0.05) is 0 Å². The summed E-state index contributed by atoms with van der Waals surface area (Å²) in [5, 5.41) is 0. The van der Waals surface area contributed by atoms with Crippen molar-refractivity contribution in [1.29, 1.82) is 0 Å². The number of fused-ring (bicyclic) bond motifs is 1. The zero-order chi connectivity index (χ0) is 8.55. The normalized spacial score (nSPS) is 10.8. The third-order valence-corrected chi connectivity index (χ3v) is 1.61. The number of nitrogen functional groups attached to an aromatic ring is 1. The number of hydrogen-bond acceptors (Lipinski definition) is 4. The van der Waals surface area contributed by atoms with Crippen LogP contribution in [0.2, 0.25) is 0 Å². The molecule has 2 rings (SSSR count). The zero-order valence-electron chi connectivity index (χ0n) is 6.60. The zero-order valence-corrected chi connectivity index (χ0v) is 6.60. The first kappa shape index (κ1) is 7.02. The van der Waals surface area contributed by atoms with Crippen molar-refractivity contribution in [3.8, 4) is 0 Å². The quantitative estimate of drug-likeness (QED) is 0.660. The number of nitrogens with zero attached hydrogens (tertiary/aromatic N) is 4. The molecule has 0 spiro atoms. The predicted molar refractivity (Wildman–Crippen MR) is 45.1 cm³/mol. The molecule has 61 valence electrons. The molecule has 2 heterocycles. The van der Waals surface area contributed by atoms with Crippen molar-refractivity contribution in [2.24, 2.45) is 0 Å². The molecule has 0 saturated carbocycles. The van der Waals surface area contributed by atoms with Gasteiger partial charge < -0.3 is 10.3 Å². The molecule has 0 unspecified atom stereocenters. The van der Waals surface area contributed by atoms with Crippen LogP contribution in [0.15, 0.2) is 12.5 Å². The van der Waals surface area contributed by atoms with E-state index in [9.17, 15) is 0 Å². The molecule has 0 amide bonds. The SMILES string of the molecule is C[CH]n1cnc2cnc(N)nc21. The van der Waals surface area contributed by atoms with Crippen LogP contribution in [0.1, 0.15) is 6.92 Å². The number of imidazole rings is 1. The van der Waals surface area contributed by atoms with Gasteiger partial charge in [-0.2, -0.15) is 4.98 Å². The van der Waals surface area contributed by atoms with Gasteiger partial charge in [-0.3, -0.25) is 0 Å². The largest absolute Gasteiger partial charge is 0.368 e. The van der Waals surface area contributed by atoms with E-state index in [2.05, 4.69) is 15.0 Å². The minimum absolute atomic E-state index is 0.270. The first-order valence-electron chi connectivity index (χ1n) is 3.56. The van der Waals surface area contributed by atoms with Crippen LogP contribution in [0, 0.1) is 6.54 Å². The number of nitrogens with two attached hydrogens (primary N) is 1. The molecule has 5 nitrogen and oxygen atoms in total. The molecule has 5 heteroatoms. The molecule has 2 N–H and O–H groups in total. The molecular weight excluding hydrogens is 154 g/mol. The Morgan fingerprint density at radius 1 is 1.50 bits per heavy atom. The summed E-state index contributed by atoms with van der Waals surface area (Å²) in [7, 11) is 0. The minimum Gasteiger partial charge on any atom is -0.368 e. The molecule has 2 aromatic rings. The maximum absolute atomic E-state index is 5.43. The molecule has 0 aliphatic rings. The van der Waals surface area contributed by atoms with E-state index in [1.54, 1.807) is 17.1 Å². The molecule has 0 aliphatic carbocycles. The van der Waals surface area contributed by atoms with Crippen molar-refractivity contribution in [3.63, 3.8) is 0 Å². The standard InChI is InChI=1S/C7H8N5/c1-2-12-4-10-5-3-9-7(8)11-6(5)12/h2-4H,1H3,(H2,8,9,11). The summed E-state index contributed by atoms with van der Waals surface area (Å²) in [6, 6.07) is 0. The first-order chi connectivity index (χ1) is 5.81. The second-order valence-electron chi connectivity index (χ2n) is 2.35. The molecule has 0 atom stereocenters. The first-order valence-corrected chi connectivity index (χ1v) is 3.56. The van der Waals surface area contributed by atoms with Crippen molar-refractivity contribution < 1.29 is 0 Å². The van der Waals surface area contributed by atoms with Crippen molar-refractivity contribution in [1.82, 2.24) is 19.5 Å². The van der Waals surface area contributed by atoms with Crippen LogP contribution in [0.5, 0.6) is 0 Å². The lowest BCUT2D eigenvalue weighted by Crippen LogP contribution is -1.97. The van der Waals surface area contributed by atoms with Crippen molar-refractivity contribution in [2.75, 3.05) is 5.73 Å². The third kappa shape index (κ3) is 0.903. The highest BCUT2D eigenvalue weighted by molar-refractivity contribution is 5.70. The fourth-order valence-electron chi connectivity index (χ4n) is 1.03. The molecule has 2 aromatic heterocycles. The highest BCUT2D eigenvalue weighted by Gasteiger charge is 2.02. The second-order valence-corrected chi connectivity index (χ2v) is 2.35. The van der Waals surface area contributed by atoms with E-state index in [-0.39, 0.29) is 5.95 Å². The fourth-order valence-corrected chi connectivity index (χ4v) is 1.03. The Hall–Kier alpha value is -1.65. The smallest absolute Gasteiger partial charge is 0.222 e. The molecule has 0 aliphatic heterocycles. The summed E-state index contributed by atoms with van der Waals surface area (Å²) in [5.41, 5.74) is 6.92. The topological polar surface area (TPSA) is 69.6 Å². The highest BCUT2D eigenvalue weighted by Crippen LogP contribution is 2.09. The van der Waals surface area contributed by atoms with Gasteiger partial charge in [0.1, 0.15) is 5.52 Å². The molecule has 0 fully saturated rings. The van der Waals surface area contributed by atoms with Crippen LogP contribution < -0.4 is 5.73 Å². The van der Waals surface area contributed by atoms with Gasteiger partial charge in [0.2, 0.25) is 5.95 Å². The summed E-state index contributed by atoms with van der Waals surface area (Å²) in [6.45, 7) is 3.77. The Kier molecular flexibility index (Phi) is 1.43. The monoisotopic (exact) mass is 162 g/mol. The van der Waals surface area contributed by atoms with Crippen LogP contribution in [0.25, 0.3) is 11.2 Å². The number of rotatable bonds is 1. The molecule has 12 heavy (non-hydrogen) atoms. The van der Waals surface area contributed by atoms with E-state index >= 15 is 0 Å². The number of anilines is 1. The van der Waals surface area contributed by atoms with E-state index in [1.165, 1.54) is 0 Å². The maximum Gasteiger partial charge on any atom is 0.222 e. The summed E-state index contributed by atoms with van der Waals surface area (Å²) < 4.78 is 1.80. The van der Waals surface area contributed by atoms with Crippen molar-refractivity contribution in [2.45, 2.75) is 6.92 Å². The van der Waals surface area contributed by atoms with Gasteiger partial charge in [-0.15, -0.1) is 0 Å². The molecule has 0 bridgehead atoms. The van der Waals surface area contributed by atoms with Crippen molar-refractivity contribution in [3.05, 3.63) is 19.1 Å². The number of aromatic nitrogens is 4. The molecule has 1 radical (unpaired) electrons. The Bertz CT molecular complexity index is 405. The summed E-state index contributed by atoms with van der Waals surface area (Å²) in [4.78, 5) is 12.0. The van der Waals surface area contributed by atoms with Gasteiger partial charge in [0.25, 0.3) is 0 Å². The van der Waals surface area contributed by atoms with Gasteiger partial charge in [-0.25, -0.2) is 9.97 Å². The van der Waals surface area contributed by atoms with E-state index in [0.29, 0.717) is 0 Å². The van der Waals surface area contributed by atoms with Gasteiger partial charge in [0.05, 0.1) is 19.1 Å². The summed E-state index contributed by atoms with van der Waals surface area (Å²) >= 11 is 0. The maximum atomic E-state index is 5.43. The van der Waals surface area contributed by atoms with Crippen LogP contribution >= 0.6 is 0 Å². The van der Waals surface area contributed by atoms with E-state index in [1.807, 2.05) is 13.5 Å². The van der Waals surface area contributed by atoms with Gasteiger partial charge >= 0.3 is 0 Å². The molecule has 0 aromatic carbocycles. The summed E-state index contributed by atoms with van der Waals surface area (Å²) in [6.07, 6.45) is 3.29. The second kappa shape index (κ2) is 2.44. The molecular formula is C7H8N5. The van der Waals surface area contributed by atoms with Crippen LogP contribution in [-0.2, 0) is 0 Å². The lowest BCUT2D eigenvalue weighted by molar-refractivity contribution is 0.969. The van der Waals surface area contributed by atoms with Crippen molar-refractivity contribution >= 4 is 17.1 Å². The minimum atomic E-state index is 0.270. The molecule has 0 saturated heterocycles. The Balaban J connectivity index is 2.75. The van der Waals surface area contributed by atoms with E-state index in [4.69, 9.17) is 5.73 Å². The summed E-state index contributed by atoms with van der Waals surface area (Å²) in [5.74, 6) is 0.270. The lowest BCUT2D eigenvalue weighted by Gasteiger charge is -1.96. The van der Waals surface area contributed by atoms with E-state index in [0.717, 1.165) is 11.2 Å². The van der Waals surface area contributed by atoms with Gasteiger partial charge in [0.15, 0.2) is 5.65 Å². The van der Waals surface area contributed by atoms with Gasteiger partial charge in [-0.05, 0) is 6.92 Å².